The van der Waals surface area contributed by atoms with Crippen molar-refractivity contribution >= 4 is 13.8 Å². The summed E-state index contributed by atoms with van der Waals surface area (Å²) in [6.45, 7) is 3.41. The van der Waals surface area contributed by atoms with E-state index in [-0.39, 0.29) is 19.6 Å². The van der Waals surface area contributed by atoms with Crippen LogP contribution in [0.3, 0.4) is 0 Å². The third-order valence-corrected chi connectivity index (χ3v) is 9.44. The first-order valence-corrected chi connectivity index (χ1v) is 22.1. The molecule has 304 valence electrons. The smallest absolute Gasteiger partial charge is 0.457 e. The van der Waals surface area contributed by atoms with E-state index in [1.165, 1.54) is 77.0 Å². The Morgan fingerprint density at radius 3 is 1.63 bits per heavy atom. The van der Waals surface area contributed by atoms with E-state index < -0.39 is 39.2 Å². The van der Waals surface area contributed by atoms with Gasteiger partial charge in [-0.05, 0) is 70.6 Å². The van der Waals surface area contributed by atoms with Crippen molar-refractivity contribution in [2.24, 2.45) is 0 Å². The number of aliphatic hydroxyl groups excluding tert-OH is 2. The lowest BCUT2D eigenvalue weighted by molar-refractivity contribution is -0.154. The number of hydrogen-bond acceptors (Lipinski definition) is 8. The Morgan fingerprint density at radius 1 is 0.596 bits per heavy atom. The van der Waals surface area contributed by atoms with Gasteiger partial charge in [0.25, 0.3) is 0 Å². The molecule has 10 heteroatoms. The minimum atomic E-state index is -4.52. The van der Waals surface area contributed by atoms with Crippen LogP contribution in [0.4, 0.5) is 0 Å². The maximum absolute atomic E-state index is 12.6. The number of hydrogen-bond donors (Lipinski definition) is 3. The highest BCUT2D eigenvalue weighted by atomic mass is 31.2. The maximum Gasteiger partial charge on any atom is 0.472 e. The van der Waals surface area contributed by atoms with Gasteiger partial charge in [0.2, 0.25) is 0 Å². The second-order valence-corrected chi connectivity index (χ2v) is 15.1. The van der Waals surface area contributed by atoms with Crippen molar-refractivity contribution in [1.82, 2.24) is 0 Å². The zero-order valence-electron chi connectivity index (χ0n) is 33.0. The number of unbranched alkanes of at least 4 members (excludes halogenated alkanes) is 17. The Kier molecular flexibility index (Phi) is 37.9. The number of allylic oxidation sites excluding steroid dienone is 8. The molecule has 0 spiro atoms. The fraction of sp³-hybridized carbons (Fsp3) is 0.786. The van der Waals surface area contributed by atoms with Crippen LogP contribution in [0.2, 0.25) is 0 Å². The topological polar surface area (TPSA) is 132 Å². The first kappa shape index (κ1) is 50.4. The number of esters is 1. The Morgan fingerprint density at radius 2 is 1.06 bits per heavy atom. The molecule has 0 fully saturated rings. The van der Waals surface area contributed by atoms with Crippen LogP contribution in [-0.2, 0) is 27.9 Å². The van der Waals surface area contributed by atoms with Gasteiger partial charge in [0, 0.05) is 13.0 Å². The van der Waals surface area contributed by atoms with Crippen molar-refractivity contribution in [3.63, 3.8) is 0 Å². The van der Waals surface area contributed by atoms with E-state index in [1.807, 2.05) is 0 Å². The number of phosphoric ester groups is 1. The molecule has 0 saturated heterocycles. The Hall–Kier alpha value is -1.58. The molecule has 0 aromatic heterocycles. The van der Waals surface area contributed by atoms with Crippen molar-refractivity contribution in [2.45, 2.75) is 180 Å². The van der Waals surface area contributed by atoms with Crippen LogP contribution in [-0.4, -0.2) is 66.3 Å². The summed E-state index contributed by atoms with van der Waals surface area (Å²) in [5.74, 6) is -0.399. The summed E-state index contributed by atoms with van der Waals surface area (Å²) >= 11 is 0. The summed E-state index contributed by atoms with van der Waals surface area (Å²) in [5, 5.41) is 18.3. The zero-order valence-corrected chi connectivity index (χ0v) is 33.9. The molecule has 0 aliphatic rings. The minimum Gasteiger partial charge on any atom is -0.457 e. The van der Waals surface area contributed by atoms with Gasteiger partial charge in [-0.15, -0.1) is 0 Å². The summed E-state index contributed by atoms with van der Waals surface area (Å²) < 4.78 is 33.3. The molecule has 3 unspecified atom stereocenters. The van der Waals surface area contributed by atoms with E-state index in [0.717, 1.165) is 64.2 Å². The number of carbonyl (C=O) groups excluding carboxylic acids is 1. The van der Waals surface area contributed by atoms with Crippen LogP contribution in [0, 0.1) is 0 Å². The third-order valence-electron chi connectivity index (χ3n) is 8.49. The predicted molar refractivity (Wildman–Crippen MR) is 214 cm³/mol. The molecule has 0 aliphatic heterocycles. The summed E-state index contributed by atoms with van der Waals surface area (Å²) in [6, 6.07) is 0. The van der Waals surface area contributed by atoms with Crippen LogP contribution in [0.1, 0.15) is 168 Å². The average Bonchev–Trinajstić information content (AvgIpc) is 3.13. The predicted octanol–water partition coefficient (Wildman–Crippen LogP) is 11.0. The van der Waals surface area contributed by atoms with Crippen LogP contribution in [0.25, 0.3) is 0 Å². The SMILES string of the molecule is CCCC/C=C\CCCCCCCCOCC(COP(=O)(O)OCC(O)CO)OC(=O)CCCCCCCC/C=C\C/C=C\C/C=C\CCCCC. The monoisotopic (exact) mass is 757 g/mol. The fourth-order valence-electron chi connectivity index (χ4n) is 5.28. The molecule has 0 aliphatic carbocycles. The molecule has 9 nitrogen and oxygen atoms in total. The van der Waals surface area contributed by atoms with Crippen molar-refractivity contribution < 1.29 is 43.0 Å². The molecule has 0 aromatic rings. The van der Waals surface area contributed by atoms with Gasteiger partial charge in [0.05, 0.1) is 26.4 Å². The zero-order chi connectivity index (χ0) is 38.2. The van der Waals surface area contributed by atoms with Crippen LogP contribution >= 0.6 is 7.82 Å². The number of phosphoric acid groups is 1. The Bertz CT molecular complexity index is 950. The van der Waals surface area contributed by atoms with E-state index in [2.05, 4.69) is 62.5 Å². The van der Waals surface area contributed by atoms with Gasteiger partial charge in [-0.1, -0.05) is 140 Å². The molecule has 0 aromatic carbocycles. The van der Waals surface area contributed by atoms with Crippen molar-refractivity contribution in [2.75, 3.05) is 33.0 Å². The lowest BCUT2D eigenvalue weighted by atomic mass is 10.1. The quantitative estimate of drug-likeness (QED) is 0.0243. The maximum atomic E-state index is 12.6. The van der Waals surface area contributed by atoms with E-state index in [0.29, 0.717) is 13.0 Å². The minimum absolute atomic E-state index is 0.0383. The molecular formula is C42H77O9P. The highest BCUT2D eigenvalue weighted by Crippen LogP contribution is 2.43. The lowest BCUT2D eigenvalue weighted by Gasteiger charge is -2.20. The van der Waals surface area contributed by atoms with Crippen molar-refractivity contribution in [1.29, 1.82) is 0 Å². The molecular weight excluding hydrogens is 679 g/mol. The van der Waals surface area contributed by atoms with Gasteiger partial charge >= 0.3 is 13.8 Å². The Labute approximate surface area is 317 Å². The lowest BCUT2D eigenvalue weighted by Crippen LogP contribution is -2.29. The highest BCUT2D eigenvalue weighted by Gasteiger charge is 2.26. The average molecular weight is 757 g/mol. The van der Waals surface area contributed by atoms with E-state index >= 15 is 0 Å². The number of rotatable bonds is 39. The molecule has 0 rings (SSSR count). The molecule has 3 N–H and O–H groups in total. The fourth-order valence-corrected chi connectivity index (χ4v) is 6.07. The summed E-state index contributed by atoms with van der Waals surface area (Å²) in [5.41, 5.74) is 0. The normalized spacial score (nSPS) is 14.6. The second kappa shape index (κ2) is 39.1. The van der Waals surface area contributed by atoms with E-state index in [4.69, 9.17) is 23.6 Å². The standard InChI is InChI=1S/C42H77O9P/c1-3-5-7-9-11-13-15-17-18-19-20-21-22-23-24-26-28-30-32-34-42(45)51-41(39-50-52(46,47)49-37-40(44)36-43)38-48-35-33-31-29-27-25-16-14-12-10-8-6-4-2/h10-13,17-18,20-21,40-41,43-44H,3-9,14-16,19,22-39H2,1-2H3,(H,46,47)/b12-10-,13-11-,18-17-,21-20-. The van der Waals surface area contributed by atoms with Crippen LogP contribution in [0.5, 0.6) is 0 Å². The van der Waals surface area contributed by atoms with Gasteiger partial charge in [-0.3, -0.25) is 13.8 Å². The molecule has 0 saturated carbocycles. The van der Waals surface area contributed by atoms with E-state index in [9.17, 15) is 19.4 Å². The van der Waals surface area contributed by atoms with Crippen LogP contribution in [0.15, 0.2) is 48.6 Å². The molecule has 52 heavy (non-hydrogen) atoms. The third kappa shape index (κ3) is 38.2. The first-order chi connectivity index (χ1) is 25.3. The largest absolute Gasteiger partial charge is 0.472 e. The summed E-state index contributed by atoms with van der Waals surface area (Å²) in [6.07, 6.45) is 42.0. The number of carbonyl (C=O) groups is 1. The molecule has 0 amide bonds. The van der Waals surface area contributed by atoms with Crippen molar-refractivity contribution in [3.05, 3.63) is 48.6 Å². The Balaban J connectivity index is 4.22. The number of aliphatic hydroxyl groups is 2. The highest BCUT2D eigenvalue weighted by molar-refractivity contribution is 7.47. The van der Waals surface area contributed by atoms with Crippen molar-refractivity contribution in [3.8, 4) is 0 Å². The van der Waals surface area contributed by atoms with E-state index in [1.54, 1.807) is 0 Å². The van der Waals surface area contributed by atoms with Gasteiger partial charge < -0.3 is 24.6 Å². The second-order valence-electron chi connectivity index (χ2n) is 13.6. The van der Waals surface area contributed by atoms with Gasteiger partial charge in [-0.25, -0.2) is 4.57 Å². The number of ether oxygens (including phenoxy) is 2. The molecule has 0 bridgehead atoms. The van der Waals surface area contributed by atoms with Crippen LogP contribution < -0.4 is 0 Å². The molecule has 3 atom stereocenters. The molecule has 0 radical (unpaired) electrons. The summed E-state index contributed by atoms with van der Waals surface area (Å²) in [4.78, 5) is 22.5. The van der Waals surface area contributed by atoms with Gasteiger partial charge in [-0.2, -0.15) is 0 Å². The summed E-state index contributed by atoms with van der Waals surface area (Å²) in [7, 11) is -4.52. The molecule has 0 heterocycles. The van der Waals surface area contributed by atoms with Gasteiger partial charge in [0.1, 0.15) is 12.2 Å². The first-order valence-electron chi connectivity index (χ1n) is 20.6. The van der Waals surface area contributed by atoms with Gasteiger partial charge in [0.15, 0.2) is 0 Å².